The summed E-state index contributed by atoms with van der Waals surface area (Å²) < 4.78 is 15.0. The lowest BCUT2D eigenvalue weighted by Crippen LogP contribution is -2.60. The first-order valence-electron chi connectivity index (χ1n) is 13.6. The van der Waals surface area contributed by atoms with Gasteiger partial charge in [0.1, 0.15) is 5.82 Å². The highest BCUT2D eigenvalue weighted by atomic mass is 35.5. The minimum atomic E-state index is -1.04. The molecular weight excluding hydrogens is 568 g/mol. The number of rotatable bonds is 9. The maximum absolute atomic E-state index is 15.0. The molecule has 0 aromatic heterocycles. The lowest BCUT2D eigenvalue weighted by Gasteiger charge is -2.44. The van der Waals surface area contributed by atoms with Crippen molar-refractivity contribution >= 4 is 46.7 Å². The molecule has 1 aliphatic heterocycles. The molecule has 0 saturated heterocycles. The van der Waals surface area contributed by atoms with Gasteiger partial charge in [-0.25, -0.2) is 9.18 Å². The highest BCUT2D eigenvalue weighted by Crippen LogP contribution is 2.47. The number of hydrogen-bond donors (Lipinski definition) is 4. The van der Waals surface area contributed by atoms with Gasteiger partial charge in [-0.3, -0.25) is 14.9 Å². The van der Waals surface area contributed by atoms with Crippen molar-refractivity contribution in [1.82, 2.24) is 10.6 Å². The molecule has 2 unspecified atom stereocenters. The number of hydrogen-bond acceptors (Lipinski definition) is 4. The van der Waals surface area contributed by atoms with Crippen LogP contribution in [0.3, 0.4) is 0 Å². The Morgan fingerprint density at radius 2 is 1.78 bits per heavy atom. The van der Waals surface area contributed by atoms with E-state index in [0.29, 0.717) is 29.1 Å². The second-order valence-corrected chi connectivity index (χ2v) is 11.5. The van der Waals surface area contributed by atoms with Crippen LogP contribution in [-0.2, 0) is 22.6 Å². The van der Waals surface area contributed by atoms with Gasteiger partial charge in [-0.1, -0.05) is 72.8 Å². The predicted molar refractivity (Wildman–Crippen MR) is 156 cm³/mol. The lowest BCUT2D eigenvalue weighted by atomic mass is 9.70. The van der Waals surface area contributed by atoms with Crippen molar-refractivity contribution in [3.05, 3.63) is 98.8 Å². The van der Waals surface area contributed by atoms with Crippen LogP contribution in [0.5, 0.6) is 0 Å². The van der Waals surface area contributed by atoms with Crippen LogP contribution in [0.15, 0.2) is 60.7 Å². The zero-order valence-electron chi connectivity index (χ0n) is 22.2. The van der Waals surface area contributed by atoms with Crippen LogP contribution in [0.1, 0.15) is 65.1 Å². The number of nitrogens with one attached hydrogen (secondary N) is 3. The van der Waals surface area contributed by atoms with Gasteiger partial charge in [0.25, 0.3) is 0 Å². The molecule has 7 nitrogen and oxygen atoms in total. The summed E-state index contributed by atoms with van der Waals surface area (Å²) in [5.74, 6) is -2.71. The molecule has 3 aromatic rings. The number of benzene rings is 3. The summed E-state index contributed by atoms with van der Waals surface area (Å²) in [6.45, 7) is 0.146. The average Bonchev–Trinajstić information content (AvgIpc) is 3.29. The molecule has 1 fully saturated rings. The summed E-state index contributed by atoms with van der Waals surface area (Å²) in [6, 6.07) is 15.4. The van der Waals surface area contributed by atoms with E-state index >= 15 is 4.39 Å². The number of carboxylic acids is 1. The predicted octanol–water partition coefficient (Wildman–Crippen LogP) is 6.09. The van der Waals surface area contributed by atoms with E-state index in [0.717, 1.165) is 24.8 Å². The molecule has 3 aromatic carbocycles. The summed E-state index contributed by atoms with van der Waals surface area (Å²) in [7, 11) is 0. The van der Waals surface area contributed by atoms with E-state index in [4.69, 9.17) is 28.3 Å². The molecule has 0 radical (unpaired) electrons. The maximum atomic E-state index is 15.0. The fraction of sp³-hybridized carbons (Fsp3) is 0.323. The Bertz CT molecular complexity index is 1470. The Morgan fingerprint density at radius 1 is 1.05 bits per heavy atom. The molecule has 41 heavy (non-hydrogen) atoms. The molecule has 1 heterocycles. The minimum absolute atomic E-state index is 0.0136. The SMILES string of the molecule is O=C(O)c1ccc(CNC(=O)C(Cc2cccc(Cl)c2F)NC2(C3C(=O)Nc4cc(Cl)ccc43)CCCCC2)cc1. The van der Waals surface area contributed by atoms with Crippen molar-refractivity contribution in [2.75, 3.05) is 5.32 Å². The summed E-state index contributed by atoms with van der Waals surface area (Å²) >= 11 is 12.3. The Labute approximate surface area is 247 Å². The largest absolute Gasteiger partial charge is 0.478 e. The van der Waals surface area contributed by atoms with Gasteiger partial charge in [-0.15, -0.1) is 0 Å². The van der Waals surface area contributed by atoms with E-state index < -0.39 is 29.3 Å². The lowest BCUT2D eigenvalue weighted by molar-refractivity contribution is -0.125. The van der Waals surface area contributed by atoms with E-state index in [1.807, 2.05) is 6.07 Å². The first kappa shape index (κ1) is 29.0. The Morgan fingerprint density at radius 3 is 2.49 bits per heavy atom. The summed E-state index contributed by atoms with van der Waals surface area (Å²) in [4.78, 5) is 38.4. The van der Waals surface area contributed by atoms with Gasteiger partial charge in [0.2, 0.25) is 11.8 Å². The van der Waals surface area contributed by atoms with Crippen LogP contribution >= 0.6 is 23.2 Å². The quantitative estimate of drug-likeness (QED) is 0.239. The average molecular weight is 599 g/mol. The number of amides is 2. The van der Waals surface area contributed by atoms with Crippen molar-refractivity contribution < 1.29 is 23.9 Å². The third kappa shape index (κ3) is 6.25. The maximum Gasteiger partial charge on any atom is 0.335 e. The molecule has 1 saturated carbocycles. The van der Waals surface area contributed by atoms with Crippen LogP contribution in [0.2, 0.25) is 10.0 Å². The Kier molecular flexibility index (Phi) is 8.63. The van der Waals surface area contributed by atoms with Crippen molar-refractivity contribution in [2.24, 2.45) is 0 Å². The molecule has 1 aliphatic carbocycles. The fourth-order valence-corrected chi connectivity index (χ4v) is 6.41. The standard InChI is InChI=1S/C31H30Cl2FN3O4/c32-21-11-12-22-24(16-21)36-29(39)26(22)31(13-2-1-3-14-31)37-25(15-20-5-4-6-23(33)27(20)34)28(38)35-17-18-7-9-19(10-8-18)30(40)41/h4-12,16,25-26,37H,1-3,13-15,17H2,(H,35,38)(H,36,39)(H,40,41). The van der Waals surface area contributed by atoms with Crippen LogP contribution < -0.4 is 16.0 Å². The molecular formula is C31H30Cl2FN3O4. The Balaban J connectivity index is 1.46. The van der Waals surface area contributed by atoms with Crippen LogP contribution in [0.25, 0.3) is 0 Å². The molecule has 0 spiro atoms. The molecule has 2 atom stereocenters. The minimum Gasteiger partial charge on any atom is -0.478 e. The first-order chi connectivity index (χ1) is 19.7. The zero-order chi connectivity index (χ0) is 29.1. The molecule has 4 N–H and O–H groups in total. The number of anilines is 1. The van der Waals surface area contributed by atoms with E-state index in [2.05, 4.69) is 16.0 Å². The monoisotopic (exact) mass is 597 g/mol. The summed E-state index contributed by atoms with van der Waals surface area (Å²) in [5, 5.41) is 19.1. The highest BCUT2D eigenvalue weighted by molar-refractivity contribution is 6.31. The number of carbonyl (C=O) groups is 3. The molecule has 5 rings (SSSR count). The van der Waals surface area contributed by atoms with Crippen molar-refractivity contribution in [3.63, 3.8) is 0 Å². The number of carboxylic acid groups (broad SMARTS) is 1. The molecule has 2 aliphatic rings. The molecule has 214 valence electrons. The van der Waals surface area contributed by atoms with Crippen molar-refractivity contribution in [1.29, 1.82) is 0 Å². The van der Waals surface area contributed by atoms with Crippen molar-refractivity contribution in [3.8, 4) is 0 Å². The zero-order valence-corrected chi connectivity index (χ0v) is 23.7. The van der Waals surface area contributed by atoms with Gasteiger partial charge in [-0.2, -0.15) is 0 Å². The van der Waals surface area contributed by atoms with Crippen LogP contribution in [0, 0.1) is 5.82 Å². The third-order valence-electron chi connectivity index (χ3n) is 8.05. The van der Waals surface area contributed by atoms with E-state index in [1.165, 1.54) is 18.2 Å². The van der Waals surface area contributed by atoms with Crippen molar-refractivity contribution in [2.45, 2.75) is 62.6 Å². The molecule has 2 amide bonds. The summed E-state index contributed by atoms with van der Waals surface area (Å²) in [6.07, 6.45) is 4.08. The Hall–Kier alpha value is -3.46. The fourth-order valence-electron chi connectivity index (χ4n) is 6.04. The van der Waals surface area contributed by atoms with E-state index in [9.17, 15) is 14.4 Å². The second kappa shape index (κ2) is 12.2. The van der Waals surface area contributed by atoms with Gasteiger partial charge in [0.05, 0.1) is 22.5 Å². The number of fused-ring (bicyclic) bond motifs is 1. The highest BCUT2D eigenvalue weighted by Gasteiger charge is 2.49. The van der Waals surface area contributed by atoms with E-state index in [-0.39, 0.29) is 40.9 Å². The molecule has 0 bridgehead atoms. The molecule has 10 heteroatoms. The topological polar surface area (TPSA) is 108 Å². The number of aromatic carboxylic acids is 1. The van der Waals surface area contributed by atoms with Crippen LogP contribution in [0.4, 0.5) is 10.1 Å². The van der Waals surface area contributed by atoms with E-state index in [1.54, 1.807) is 36.4 Å². The van der Waals surface area contributed by atoms with Gasteiger partial charge in [0.15, 0.2) is 0 Å². The van der Waals surface area contributed by atoms with Gasteiger partial charge < -0.3 is 15.7 Å². The number of halogens is 3. The van der Waals surface area contributed by atoms with Gasteiger partial charge in [0, 0.05) is 22.8 Å². The van der Waals surface area contributed by atoms with Gasteiger partial charge >= 0.3 is 5.97 Å². The van der Waals surface area contributed by atoms with Gasteiger partial charge in [-0.05, 0) is 66.3 Å². The normalized spacial score (nSPS) is 18.3. The second-order valence-electron chi connectivity index (χ2n) is 10.7. The first-order valence-corrected chi connectivity index (χ1v) is 14.3. The van der Waals surface area contributed by atoms with Crippen LogP contribution in [-0.4, -0.2) is 34.5 Å². The summed E-state index contributed by atoms with van der Waals surface area (Å²) in [5.41, 5.74) is 1.87. The number of carbonyl (C=O) groups excluding carboxylic acids is 2. The third-order valence-corrected chi connectivity index (χ3v) is 8.57. The smallest absolute Gasteiger partial charge is 0.335 e.